The molecular weight excluding hydrogens is 316 g/mol. The normalized spacial score (nSPS) is 9.79. The summed E-state index contributed by atoms with van der Waals surface area (Å²) < 4.78 is 9.88. The number of rotatable bonds is 4. The highest BCUT2D eigenvalue weighted by Crippen LogP contribution is 2.37. The van der Waals surface area contributed by atoms with Crippen LogP contribution in [0.25, 0.3) is 0 Å². The smallest absolute Gasteiger partial charge is 0.200 e. The van der Waals surface area contributed by atoms with Gasteiger partial charge in [0.15, 0.2) is 11.5 Å². The summed E-state index contributed by atoms with van der Waals surface area (Å²) in [4.78, 5) is 0. The molecule has 0 unspecified atom stereocenters. The first-order valence-corrected chi connectivity index (χ1v) is 6.98. The van der Waals surface area contributed by atoms with Gasteiger partial charge in [-0.2, -0.15) is 0 Å². The Kier molecular flexibility index (Phi) is 6.81. The molecule has 0 aromatic heterocycles. The van der Waals surface area contributed by atoms with E-state index in [9.17, 15) is 5.11 Å². The average molecular weight is 338 g/mol. The lowest BCUT2D eigenvalue weighted by atomic mass is 10.2. The molecule has 8 heteroatoms. The maximum Gasteiger partial charge on any atom is 0.200 e. The number of benzene rings is 2. The average Bonchev–Trinajstić information content (AvgIpc) is 2.55. The standard InChI is InChI=1S/C9H13NO3.C7H9NO3/c1-6-8(12)3-2-7(10)9(6)13-5-4-11;1-11-6-3-4(8)2-5(9)7(6)10/h2-3,11-12H,4-5,10H2,1H3;2-3,9-10H,8H2,1H3. The Morgan fingerprint density at radius 3 is 2.29 bits per heavy atom. The first-order chi connectivity index (χ1) is 11.3. The summed E-state index contributed by atoms with van der Waals surface area (Å²) in [5.41, 5.74) is 12.4. The summed E-state index contributed by atoms with van der Waals surface area (Å²) in [7, 11) is 1.38. The number of aliphatic hydroxyl groups is 1. The third-order valence-electron chi connectivity index (χ3n) is 3.04. The van der Waals surface area contributed by atoms with E-state index < -0.39 is 0 Å². The fourth-order valence-electron chi connectivity index (χ4n) is 1.81. The summed E-state index contributed by atoms with van der Waals surface area (Å²) in [6.45, 7) is 1.81. The minimum absolute atomic E-state index is 0.0749. The van der Waals surface area contributed by atoms with Gasteiger partial charge in [-0.05, 0) is 19.1 Å². The zero-order valence-electron chi connectivity index (χ0n) is 13.5. The third-order valence-corrected chi connectivity index (χ3v) is 3.04. The zero-order valence-corrected chi connectivity index (χ0v) is 13.5. The zero-order chi connectivity index (χ0) is 18.3. The summed E-state index contributed by atoms with van der Waals surface area (Å²) in [6.07, 6.45) is 0. The van der Waals surface area contributed by atoms with E-state index in [1.54, 1.807) is 13.0 Å². The van der Waals surface area contributed by atoms with Crippen molar-refractivity contribution in [1.82, 2.24) is 0 Å². The number of hydrogen-bond acceptors (Lipinski definition) is 8. The highest BCUT2D eigenvalue weighted by atomic mass is 16.5. The number of hydrogen-bond donors (Lipinski definition) is 6. The van der Waals surface area contributed by atoms with Crippen LogP contribution in [0.1, 0.15) is 5.56 Å². The number of ether oxygens (including phenoxy) is 2. The number of aromatic hydroxyl groups is 3. The van der Waals surface area contributed by atoms with E-state index in [1.807, 2.05) is 0 Å². The van der Waals surface area contributed by atoms with E-state index in [1.165, 1.54) is 25.3 Å². The lowest BCUT2D eigenvalue weighted by molar-refractivity contribution is 0.201. The molecule has 0 heterocycles. The molecule has 0 fully saturated rings. The number of nitrogen functional groups attached to an aromatic ring is 2. The number of nitrogens with two attached hydrogens (primary N) is 2. The Morgan fingerprint density at radius 2 is 1.71 bits per heavy atom. The predicted octanol–water partition coefficient (Wildman–Crippen LogP) is 1.34. The molecule has 132 valence electrons. The van der Waals surface area contributed by atoms with Gasteiger partial charge in [0.2, 0.25) is 5.75 Å². The van der Waals surface area contributed by atoms with E-state index in [4.69, 9.17) is 36.3 Å². The Hall–Kier alpha value is -3.00. The monoisotopic (exact) mass is 338 g/mol. The van der Waals surface area contributed by atoms with Crippen LogP contribution >= 0.6 is 0 Å². The fourth-order valence-corrected chi connectivity index (χ4v) is 1.81. The van der Waals surface area contributed by atoms with Crippen molar-refractivity contribution in [3.05, 3.63) is 29.8 Å². The molecule has 24 heavy (non-hydrogen) atoms. The second-order valence-corrected chi connectivity index (χ2v) is 4.79. The van der Waals surface area contributed by atoms with Crippen molar-refractivity contribution in [3.8, 4) is 28.7 Å². The highest BCUT2D eigenvalue weighted by Gasteiger charge is 2.08. The maximum absolute atomic E-state index is 9.33. The number of phenols is 3. The van der Waals surface area contributed by atoms with Crippen LogP contribution in [0.4, 0.5) is 11.4 Å². The molecule has 0 spiro atoms. The van der Waals surface area contributed by atoms with Gasteiger partial charge >= 0.3 is 0 Å². The molecule has 2 aromatic rings. The maximum atomic E-state index is 9.33. The van der Waals surface area contributed by atoms with Crippen LogP contribution in [0, 0.1) is 6.92 Å². The van der Waals surface area contributed by atoms with E-state index >= 15 is 0 Å². The minimum Gasteiger partial charge on any atom is -0.508 e. The number of methoxy groups -OCH3 is 1. The van der Waals surface area contributed by atoms with E-state index in [-0.39, 0.29) is 36.2 Å². The molecule has 0 aliphatic carbocycles. The lowest BCUT2D eigenvalue weighted by Gasteiger charge is -2.11. The Morgan fingerprint density at radius 1 is 1.04 bits per heavy atom. The molecule has 0 amide bonds. The SMILES string of the molecule is COc1cc(N)cc(O)c1O.Cc1c(O)ccc(N)c1OCCO. The van der Waals surface area contributed by atoms with Crippen LogP contribution in [-0.4, -0.2) is 40.7 Å². The second kappa shape index (κ2) is 8.59. The molecule has 0 bridgehead atoms. The van der Waals surface area contributed by atoms with Gasteiger partial charge in [0.25, 0.3) is 0 Å². The van der Waals surface area contributed by atoms with E-state index in [2.05, 4.69) is 0 Å². The third kappa shape index (κ3) is 4.75. The van der Waals surface area contributed by atoms with Gasteiger partial charge in [0.1, 0.15) is 18.1 Å². The fraction of sp³-hybridized carbons (Fsp3) is 0.250. The van der Waals surface area contributed by atoms with Crippen molar-refractivity contribution in [1.29, 1.82) is 0 Å². The highest BCUT2D eigenvalue weighted by molar-refractivity contribution is 5.61. The van der Waals surface area contributed by atoms with Gasteiger partial charge in [-0.25, -0.2) is 0 Å². The molecule has 0 atom stereocenters. The van der Waals surface area contributed by atoms with Crippen molar-refractivity contribution < 1.29 is 29.9 Å². The molecule has 8 N–H and O–H groups in total. The van der Waals surface area contributed by atoms with Gasteiger partial charge in [0, 0.05) is 23.4 Å². The van der Waals surface area contributed by atoms with Crippen LogP contribution in [0.3, 0.4) is 0 Å². The molecular formula is C16H22N2O6. The van der Waals surface area contributed by atoms with Gasteiger partial charge in [0.05, 0.1) is 19.4 Å². The van der Waals surface area contributed by atoms with Crippen LogP contribution in [-0.2, 0) is 0 Å². The van der Waals surface area contributed by atoms with Gasteiger partial charge in [-0.15, -0.1) is 0 Å². The van der Waals surface area contributed by atoms with Gasteiger partial charge in [-0.1, -0.05) is 0 Å². The second-order valence-electron chi connectivity index (χ2n) is 4.79. The molecule has 0 aliphatic heterocycles. The molecule has 0 saturated heterocycles. The predicted molar refractivity (Wildman–Crippen MR) is 90.6 cm³/mol. The van der Waals surface area contributed by atoms with Crippen LogP contribution in [0.15, 0.2) is 24.3 Å². The Balaban J connectivity index is 0.000000243. The summed E-state index contributed by atoms with van der Waals surface area (Å²) in [6, 6.07) is 5.75. The number of phenolic OH excluding ortho intramolecular Hbond substituents is 3. The van der Waals surface area contributed by atoms with Crippen LogP contribution < -0.4 is 20.9 Å². The molecule has 0 radical (unpaired) electrons. The Labute approximate surface area is 139 Å². The van der Waals surface area contributed by atoms with Crippen molar-refractivity contribution in [3.63, 3.8) is 0 Å². The Bertz CT molecular complexity index is 691. The lowest BCUT2D eigenvalue weighted by Crippen LogP contribution is -2.05. The summed E-state index contributed by atoms with van der Waals surface area (Å²) in [5.74, 6) is 0.183. The van der Waals surface area contributed by atoms with E-state index in [0.717, 1.165) is 0 Å². The van der Waals surface area contributed by atoms with Crippen molar-refractivity contribution >= 4 is 11.4 Å². The molecule has 2 aromatic carbocycles. The van der Waals surface area contributed by atoms with Crippen molar-refractivity contribution in [2.24, 2.45) is 0 Å². The topological polar surface area (TPSA) is 151 Å². The number of anilines is 2. The summed E-state index contributed by atoms with van der Waals surface area (Å²) in [5, 5.41) is 36.0. The van der Waals surface area contributed by atoms with E-state index in [0.29, 0.717) is 22.7 Å². The molecule has 2 rings (SSSR count). The van der Waals surface area contributed by atoms with Crippen molar-refractivity contribution in [2.45, 2.75) is 6.92 Å². The first-order valence-electron chi connectivity index (χ1n) is 6.98. The van der Waals surface area contributed by atoms with Gasteiger partial charge < -0.3 is 41.4 Å². The molecule has 0 saturated carbocycles. The minimum atomic E-state index is -0.290. The van der Waals surface area contributed by atoms with Crippen molar-refractivity contribution in [2.75, 3.05) is 31.8 Å². The largest absolute Gasteiger partial charge is 0.508 e. The molecule has 0 aliphatic rings. The van der Waals surface area contributed by atoms with Crippen LogP contribution in [0.5, 0.6) is 28.7 Å². The quantitative estimate of drug-likeness (QED) is 0.277. The number of aliphatic hydroxyl groups excluding tert-OH is 1. The first kappa shape index (κ1) is 19.0. The van der Waals surface area contributed by atoms with Gasteiger partial charge in [-0.3, -0.25) is 0 Å². The van der Waals surface area contributed by atoms with Crippen LogP contribution in [0.2, 0.25) is 0 Å². The molecule has 8 nitrogen and oxygen atoms in total. The summed E-state index contributed by atoms with van der Waals surface area (Å²) >= 11 is 0.